The molecule has 1 heterocycles. The van der Waals surface area contributed by atoms with E-state index in [0.29, 0.717) is 36.2 Å². The Morgan fingerprint density at radius 3 is 2.51 bits per heavy atom. The highest BCUT2D eigenvalue weighted by Gasteiger charge is 2.63. The largest absolute Gasteiger partial charge is 0.466 e. The zero-order chi connectivity index (χ0) is 34.3. The summed E-state index contributed by atoms with van der Waals surface area (Å²) in [7, 11) is 0. The van der Waals surface area contributed by atoms with E-state index in [-0.39, 0.29) is 40.8 Å². The quantitative estimate of drug-likeness (QED) is 0.164. The van der Waals surface area contributed by atoms with E-state index in [0.717, 1.165) is 64.2 Å². The van der Waals surface area contributed by atoms with Gasteiger partial charge < -0.3 is 40.0 Å². The molecule has 47 heavy (non-hydrogen) atoms. The molecule has 0 radical (unpaired) electrons. The lowest BCUT2D eigenvalue weighted by atomic mass is 9.46. The minimum atomic E-state index is -1.36. The van der Waals surface area contributed by atoms with E-state index >= 15 is 0 Å². The van der Waals surface area contributed by atoms with Crippen molar-refractivity contribution in [2.45, 2.75) is 149 Å². The van der Waals surface area contributed by atoms with Gasteiger partial charge in [0.15, 0.2) is 6.29 Å². The number of carbonyl (C=O) groups is 2. The van der Waals surface area contributed by atoms with Gasteiger partial charge >= 0.3 is 5.97 Å². The lowest BCUT2D eigenvalue weighted by Gasteiger charge is -2.59. The van der Waals surface area contributed by atoms with E-state index in [1.807, 2.05) is 0 Å². The third-order valence-electron chi connectivity index (χ3n) is 13.3. The molecule has 1 aliphatic heterocycles. The van der Waals surface area contributed by atoms with Crippen molar-refractivity contribution in [1.29, 1.82) is 0 Å². The summed E-state index contributed by atoms with van der Waals surface area (Å²) in [5.74, 6) is 1.60. The number of carbonyl (C=O) groups excluding carboxylic acids is 2. The van der Waals surface area contributed by atoms with E-state index in [9.17, 15) is 30.0 Å². The van der Waals surface area contributed by atoms with Gasteiger partial charge in [-0.3, -0.25) is 9.59 Å². The number of amides is 1. The lowest BCUT2D eigenvalue weighted by Crippen LogP contribution is -2.65. The van der Waals surface area contributed by atoms with Crippen LogP contribution < -0.4 is 5.32 Å². The highest BCUT2D eigenvalue weighted by molar-refractivity contribution is 5.73. The fourth-order valence-electron chi connectivity index (χ4n) is 10.8. The zero-order valence-corrected chi connectivity index (χ0v) is 29.4. The Kier molecular flexibility index (Phi) is 11.5. The number of aliphatic hydroxyl groups excluding tert-OH is 4. The molecule has 5 aliphatic rings. The summed E-state index contributed by atoms with van der Waals surface area (Å²) in [6.45, 7) is 12.1. The summed E-state index contributed by atoms with van der Waals surface area (Å²) in [5.41, 5.74) is 1.48. The number of rotatable bonds is 11. The van der Waals surface area contributed by atoms with Crippen molar-refractivity contribution in [3.05, 3.63) is 11.6 Å². The molecule has 2 unspecified atom stereocenters. The first-order valence-electron chi connectivity index (χ1n) is 18.3. The third-order valence-corrected chi connectivity index (χ3v) is 13.3. The van der Waals surface area contributed by atoms with E-state index in [4.69, 9.17) is 14.2 Å². The molecule has 1 saturated heterocycles. The Balaban J connectivity index is 1.41. The molecule has 0 aromatic rings. The van der Waals surface area contributed by atoms with E-state index in [2.05, 4.69) is 39.1 Å². The topological polar surface area (TPSA) is 155 Å². The van der Waals surface area contributed by atoms with Gasteiger partial charge in [0.1, 0.15) is 24.4 Å². The van der Waals surface area contributed by atoms with Crippen molar-refractivity contribution >= 4 is 11.9 Å². The van der Waals surface area contributed by atoms with Crippen LogP contribution in [0.25, 0.3) is 0 Å². The molecular formula is C37H61NO9. The molecule has 0 aromatic carbocycles. The third kappa shape index (κ3) is 7.34. The molecule has 5 rings (SSSR count). The molecule has 3 saturated carbocycles. The van der Waals surface area contributed by atoms with Gasteiger partial charge in [-0.15, -0.1) is 0 Å². The number of hydrogen-bond acceptors (Lipinski definition) is 9. The molecule has 10 nitrogen and oxygen atoms in total. The van der Waals surface area contributed by atoms with Crippen LogP contribution in [0.2, 0.25) is 0 Å². The van der Waals surface area contributed by atoms with Crippen LogP contribution in [-0.2, 0) is 23.8 Å². The predicted octanol–water partition coefficient (Wildman–Crippen LogP) is 3.87. The number of allylic oxidation sites excluding steroid dienone is 1. The molecule has 0 bridgehead atoms. The first kappa shape index (κ1) is 36.7. The van der Waals surface area contributed by atoms with Crippen molar-refractivity contribution in [3.8, 4) is 0 Å². The standard InChI is InChI=1S/C37H61NO9/c1-20(19-45-23(4)41)8-7-9-21(2)28-17-29(46-35-32(38-22(3)40)34(44)33(43)30(18-39)47-35)31-26-11-10-24-16-25(42)12-14-36(24,5)27(26)13-15-37(28,31)6/h10,20-21,25-35,39,42-44H,7-9,11-19H2,1-6H3,(H,38,40)/t20-,21?,25+,26-,27+,28-,29+,30+,31-,32+,33+,34+,35?,36+,37-/m1/s1. The SMILES string of the molecule is CC(=O)N[C@@H]1C(O[C@H]2C[C@H](C(C)CCC[C@@H](C)COC(C)=O)[C@@]3(C)CC[C@H]4[C@@H](CC=C5C[C@@H](O)CC[C@@]54C)[C@H]23)O[C@@H](CO)[C@H](O)[C@H]1O. The summed E-state index contributed by atoms with van der Waals surface area (Å²) < 4.78 is 18.3. The van der Waals surface area contributed by atoms with Crippen LogP contribution in [0.15, 0.2) is 11.6 Å². The van der Waals surface area contributed by atoms with E-state index in [1.54, 1.807) is 0 Å². The Bertz CT molecular complexity index is 1150. The molecule has 0 aromatic heterocycles. The van der Waals surface area contributed by atoms with Crippen molar-refractivity contribution in [2.75, 3.05) is 13.2 Å². The average molecular weight is 664 g/mol. The molecule has 5 N–H and O–H groups in total. The van der Waals surface area contributed by atoms with Crippen molar-refractivity contribution < 1.29 is 44.2 Å². The molecule has 15 atom stereocenters. The molecule has 4 fully saturated rings. The Morgan fingerprint density at radius 2 is 1.83 bits per heavy atom. The van der Waals surface area contributed by atoms with Gasteiger partial charge in [-0.25, -0.2) is 0 Å². The second-order valence-corrected chi connectivity index (χ2v) is 16.4. The summed E-state index contributed by atoms with van der Waals surface area (Å²) in [5, 5.41) is 44.9. The minimum Gasteiger partial charge on any atom is -0.466 e. The maximum atomic E-state index is 12.2. The van der Waals surface area contributed by atoms with E-state index < -0.39 is 37.3 Å². The molecule has 268 valence electrons. The van der Waals surface area contributed by atoms with Crippen LogP contribution in [0.3, 0.4) is 0 Å². The van der Waals surface area contributed by atoms with Crippen molar-refractivity contribution in [1.82, 2.24) is 5.32 Å². The molecule has 4 aliphatic carbocycles. The van der Waals surface area contributed by atoms with Crippen LogP contribution in [0, 0.1) is 46.3 Å². The molecule has 10 heteroatoms. The lowest BCUT2D eigenvalue weighted by molar-refractivity contribution is -0.289. The van der Waals surface area contributed by atoms with Gasteiger partial charge in [-0.05, 0) is 97.7 Å². The van der Waals surface area contributed by atoms with Gasteiger partial charge in [-0.2, -0.15) is 0 Å². The number of fused-ring (bicyclic) bond motifs is 5. The van der Waals surface area contributed by atoms with Crippen LogP contribution in [0.1, 0.15) is 106 Å². The molecule has 1 amide bonds. The number of ether oxygens (including phenoxy) is 3. The van der Waals surface area contributed by atoms with Gasteiger partial charge in [-0.1, -0.05) is 52.2 Å². The first-order chi connectivity index (χ1) is 22.2. The monoisotopic (exact) mass is 663 g/mol. The van der Waals surface area contributed by atoms with Crippen molar-refractivity contribution in [3.63, 3.8) is 0 Å². The Morgan fingerprint density at radius 1 is 1.09 bits per heavy atom. The maximum absolute atomic E-state index is 12.2. The number of esters is 1. The highest BCUT2D eigenvalue weighted by Crippen LogP contribution is 2.68. The Hall–Kier alpha value is -1.56. The average Bonchev–Trinajstić information content (AvgIpc) is 3.31. The summed E-state index contributed by atoms with van der Waals surface area (Å²) in [4.78, 5) is 23.5. The predicted molar refractivity (Wildman–Crippen MR) is 176 cm³/mol. The van der Waals surface area contributed by atoms with Gasteiger partial charge in [0.2, 0.25) is 5.91 Å². The van der Waals surface area contributed by atoms with Gasteiger partial charge in [0, 0.05) is 13.8 Å². The summed E-state index contributed by atoms with van der Waals surface area (Å²) >= 11 is 0. The van der Waals surface area contributed by atoms with Gasteiger partial charge in [0.25, 0.3) is 0 Å². The smallest absolute Gasteiger partial charge is 0.302 e. The first-order valence-corrected chi connectivity index (χ1v) is 18.3. The highest BCUT2D eigenvalue weighted by atomic mass is 16.7. The summed E-state index contributed by atoms with van der Waals surface area (Å²) in [6.07, 6.45) is 6.86. The van der Waals surface area contributed by atoms with Crippen LogP contribution in [-0.4, -0.2) is 88.4 Å². The second kappa shape index (κ2) is 14.7. The van der Waals surface area contributed by atoms with Crippen molar-refractivity contribution in [2.24, 2.45) is 46.3 Å². The maximum Gasteiger partial charge on any atom is 0.302 e. The fourth-order valence-corrected chi connectivity index (χ4v) is 10.8. The van der Waals surface area contributed by atoms with Crippen LogP contribution in [0.5, 0.6) is 0 Å². The van der Waals surface area contributed by atoms with E-state index in [1.165, 1.54) is 19.4 Å². The number of aliphatic hydroxyl groups is 4. The number of hydrogen-bond donors (Lipinski definition) is 5. The van der Waals surface area contributed by atoms with Gasteiger partial charge in [0.05, 0.1) is 25.4 Å². The number of nitrogens with one attached hydrogen (secondary N) is 1. The zero-order valence-electron chi connectivity index (χ0n) is 29.4. The molecular weight excluding hydrogens is 602 g/mol. The van der Waals surface area contributed by atoms with Crippen LogP contribution in [0.4, 0.5) is 0 Å². The minimum absolute atomic E-state index is 0.0111. The molecule has 0 spiro atoms. The second-order valence-electron chi connectivity index (χ2n) is 16.4. The normalized spacial score (nSPS) is 44.3. The Labute approximate surface area is 281 Å². The fraction of sp³-hybridized carbons (Fsp3) is 0.892. The summed E-state index contributed by atoms with van der Waals surface area (Å²) in [6, 6.07) is -0.971. The van der Waals surface area contributed by atoms with Crippen LogP contribution >= 0.6 is 0 Å².